The maximum absolute atomic E-state index is 12.5. The molecule has 0 spiro atoms. The zero-order valence-electron chi connectivity index (χ0n) is 8.74. The van der Waals surface area contributed by atoms with Gasteiger partial charge in [-0.1, -0.05) is 0 Å². The highest BCUT2D eigenvalue weighted by molar-refractivity contribution is 6.17. The van der Waals surface area contributed by atoms with E-state index in [1.807, 2.05) is 0 Å². The molecular formula is C9H7ClF6N2. The summed E-state index contributed by atoms with van der Waals surface area (Å²) in [6, 6.07) is 0. The summed E-state index contributed by atoms with van der Waals surface area (Å²) in [7, 11) is 0. The molecule has 0 saturated heterocycles. The van der Waals surface area contributed by atoms with Gasteiger partial charge in [0.1, 0.15) is 5.82 Å². The van der Waals surface area contributed by atoms with Crippen LogP contribution in [0.3, 0.4) is 0 Å². The smallest absolute Gasteiger partial charge is 0.241 e. The lowest BCUT2D eigenvalue weighted by Crippen LogP contribution is -2.16. The van der Waals surface area contributed by atoms with Gasteiger partial charge in [0.2, 0.25) is 0 Å². The van der Waals surface area contributed by atoms with Crippen LogP contribution in [0.25, 0.3) is 0 Å². The molecule has 0 atom stereocenters. The van der Waals surface area contributed by atoms with E-state index in [0.29, 0.717) is 0 Å². The van der Waals surface area contributed by atoms with Crippen LogP contribution in [0.2, 0.25) is 0 Å². The van der Waals surface area contributed by atoms with Gasteiger partial charge in [-0.2, -0.15) is 26.3 Å². The molecule has 1 aromatic heterocycles. The average Bonchev–Trinajstić information content (AvgIpc) is 2.24. The Balaban J connectivity index is 2.97. The quantitative estimate of drug-likeness (QED) is 0.627. The molecule has 1 aromatic rings. The van der Waals surface area contributed by atoms with E-state index < -0.39 is 42.6 Å². The summed E-state index contributed by atoms with van der Waals surface area (Å²) in [5.74, 6) is -0.970. The van der Waals surface area contributed by atoms with Crippen LogP contribution >= 0.6 is 11.6 Å². The Labute approximate surface area is 103 Å². The fourth-order valence-electron chi connectivity index (χ4n) is 1.16. The monoisotopic (exact) mass is 292 g/mol. The van der Waals surface area contributed by atoms with E-state index in [9.17, 15) is 26.3 Å². The first-order valence-corrected chi connectivity index (χ1v) is 5.21. The van der Waals surface area contributed by atoms with Crippen LogP contribution in [0.1, 0.15) is 23.5 Å². The molecule has 0 aromatic carbocycles. The van der Waals surface area contributed by atoms with Crippen molar-refractivity contribution in [3.63, 3.8) is 0 Å². The second kappa shape index (κ2) is 5.29. The minimum atomic E-state index is -4.76. The predicted molar refractivity (Wildman–Crippen MR) is 51.0 cm³/mol. The second-order valence-electron chi connectivity index (χ2n) is 3.41. The third-order valence-electron chi connectivity index (χ3n) is 1.96. The number of aryl methyl sites for hydroxylation is 1. The van der Waals surface area contributed by atoms with Crippen LogP contribution in [0, 0.1) is 0 Å². The van der Waals surface area contributed by atoms with Crippen LogP contribution in [0.15, 0.2) is 6.20 Å². The van der Waals surface area contributed by atoms with Gasteiger partial charge in [0.05, 0.1) is 12.3 Å². The molecule has 0 unspecified atom stereocenters. The van der Waals surface area contributed by atoms with Crippen molar-refractivity contribution in [3.8, 4) is 0 Å². The molecule has 102 valence electrons. The minimum Gasteiger partial charge on any atom is -0.241 e. The van der Waals surface area contributed by atoms with Crippen LogP contribution in [0.5, 0.6) is 0 Å². The van der Waals surface area contributed by atoms with Crippen molar-refractivity contribution in [3.05, 3.63) is 23.3 Å². The average molecular weight is 293 g/mol. The standard InChI is InChI=1S/C9H7ClF6N2/c10-3-5-4-17-6(1-2-8(11,12)13)18-7(5)9(14,15)16/h4H,1-3H2. The van der Waals surface area contributed by atoms with Crippen LogP contribution in [-0.4, -0.2) is 16.1 Å². The predicted octanol–water partition coefficient (Wildman–Crippen LogP) is 3.73. The largest absolute Gasteiger partial charge is 0.433 e. The van der Waals surface area contributed by atoms with E-state index in [1.54, 1.807) is 0 Å². The van der Waals surface area contributed by atoms with Gasteiger partial charge >= 0.3 is 12.4 Å². The Morgan fingerprint density at radius 3 is 2.17 bits per heavy atom. The summed E-state index contributed by atoms with van der Waals surface area (Å²) in [5.41, 5.74) is -1.65. The molecule has 0 saturated carbocycles. The van der Waals surface area contributed by atoms with Crippen molar-refractivity contribution in [2.24, 2.45) is 0 Å². The molecule has 1 rings (SSSR count). The zero-order valence-corrected chi connectivity index (χ0v) is 9.49. The second-order valence-corrected chi connectivity index (χ2v) is 3.67. The summed E-state index contributed by atoms with van der Waals surface area (Å²) < 4.78 is 73.3. The Kier molecular flexibility index (Phi) is 4.41. The first-order valence-electron chi connectivity index (χ1n) is 4.68. The molecule has 2 nitrogen and oxygen atoms in total. The number of alkyl halides is 7. The summed E-state index contributed by atoms with van der Waals surface area (Å²) in [6.07, 6.45) is -10.4. The molecule has 0 aliphatic rings. The zero-order chi connectivity index (χ0) is 14.0. The SMILES string of the molecule is FC(F)(F)CCc1ncc(CCl)c(C(F)(F)F)n1. The first kappa shape index (κ1) is 15.0. The Morgan fingerprint density at radius 2 is 1.72 bits per heavy atom. The topological polar surface area (TPSA) is 25.8 Å². The lowest BCUT2D eigenvalue weighted by Gasteiger charge is -2.11. The number of halogens is 7. The molecule has 0 aliphatic carbocycles. The van der Waals surface area contributed by atoms with E-state index in [4.69, 9.17) is 11.6 Å². The fraction of sp³-hybridized carbons (Fsp3) is 0.556. The van der Waals surface area contributed by atoms with E-state index in [-0.39, 0.29) is 5.56 Å². The van der Waals surface area contributed by atoms with Crippen molar-refractivity contribution in [1.29, 1.82) is 0 Å². The molecule has 1 heterocycles. The van der Waals surface area contributed by atoms with E-state index in [1.165, 1.54) is 0 Å². The van der Waals surface area contributed by atoms with Gasteiger partial charge in [-0.25, -0.2) is 9.97 Å². The molecule has 0 amide bonds. The molecule has 18 heavy (non-hydrogen) atoms. The maximum atomic E-state index is 12.5. The fourth-order valence-corrected chi connectivity index (χ4v) is 1.36. The number of aromatic nitrogens is 2. The van der Waals surface area contributed by atoms with Crippen molar-refractivity contribution in [1.82, 2.24) is 9.97 Å². The summed E-state index contributed by atoms with van der Waals surface area (Å²) >= 11 is 5.28. The number of nitrogens with zero attached hydrogens (tertiary/aromatic N) is 2. The van der Waals surface area contributed by atoms with Gasteiger partial charge in [-0.3, -0.25) is 0 Å². The Hall–Kier alpha value is -1.05. The van der Waals surface area contributed by atoms with E-state index in [0.717, 1.165) is 6.20 Å². The van der Waals surface area contributed by atoms with Crippen molar-refractivity contribution in [2.75, 3.05) is 0 Å². The molecule has 0 N–H and O–H groups in total. The van der Waals surface area contributed by atoms with Gasteiger partial charge in [0, 0.05) is 18.2 Å². The van der Waals surface area contributed by atoms with E-state index in [2.05, 4.69) is 9.97 Å². The molecule has 0 aliphatic heterocycles. The van der Waals surface area contributed by atoms with Crippen LogP contribution in [0.4, 0.5) is 26.3 Å². The van der Waals surface area contributed by atoms with Crippen molar-refractivity contribution in [2.45, 2.75) is 31.1 Å². The Morgan fingerprint density at radius 1 is 1.11 bits per heavy atom. The normalized spacial score (nSPS) is 12.8. The summed E-state index contributed by atoms with van der Waals surface area (Å²) in [6.45, 7) is 0. The van der Waals surface area contributed by atoms with Crippen LogP contribution < -0.4 is 0 Å². The maximum Gasteiger partial charge on any atom is 0.433 e. The lowest BCUT2D eigenvalue weighted by atomic mass is 10.2. The van der Waals surface area contributed by atoms with Gasteiger partial charge < -0.3 is 0 Å². The highest BCUT2D eigenvalue weighted by Gasteiger charge is 2.36. The third kappa shape index (κ3) is 4.32. The summed E-state index contributed by atoms with van der Waals surface area (Å²) in [5, 5.41) is 0. The van der Waals surface area contributed by atoms with Crippen molar-refractivity contribution < 1.29 is 26.3 Å². The number of hydrogen-bond donors (Lipinski definition) is 0. The molecule has 0 radical (unpaired) electrons. The number of hydrogen-bond acceptors (Lipinski definition) is 2. The molecular weight excluding hydrogens is 286 g/mol. The number of rotatable bonds is 3. The Bertz CT molecular complexity index is 414. The molecule has 0 bridgehead atoms. The van der Waals surface area contributed by atoms with Crippen LogP contribution in [-0.2, 0) is 18.5 Å². The molecule has 9 heteroatoms. The highest BCUT2D eigenvalue weighted by Crippen LogP contribution is 2.31. The van der Waals surface area contributed by atoms with Gasteiger partial charge in [0.25, 0.3) is 0 Å². The van der Waals surface area contributed by atoms with Gasteiger partial charge in [-0.05, 0) is 0 Å². The minimum absolute atomic E-state index is 0.361. The van der Waals surface area contributed by atoms with Gasteiger partial charge in [0.15, 0.2) is 5.69 Å². The lowest BCUT2D eigenvalue weighted by molar-refractivity contribution is -0.142. The van der Waals surface area contributed by atoms with E-state index >= 15 is 0 Å². The third-order valence-corrected chi connectivity index (χ3v) is 2.25. The first-order chi connectivity index (χ1) is 8.13. The highest BCUT2D eigenvalue weighted by atomic mass is 35.5. The van der Waals surface area contributed by atoms with Gasteiger partial charge in [-0.15, -0.1) is 11.6 Å². The molecule has 0 fully saturated rings. The van der Waals surface area contributed by atoms with Crippen molar-refractivity contribution >= 4 is 11.6 Å². The summed E-state index contributed by atoms with van der Waals surface area (Å²) in [4.78, 5) is 6.53.